The van der Waals surface area contributed by atoms with E-state index < -0.39 is 0 Å². The Morgan fingerprint density at radius 2 is 2.00 bits per heavy atom. The minimum absolute atomic E-state index is 0.294. The van der Waals surface area contributed by atoms with Gasteiger partial charge in [0, 0.05) is 17.5 Å². The quantitative estimate of drug-likeness (QED) is 0.777. The summed E-state index contributed by atoms with van der Waals surface area (Å²) in [5, 5.41) is 4.14. The van der Waals surface area contributed by atoms with E-state index in [4.69, 9.17) is 11.6 Å². The Hall–Kier alpha value is -0.830. The molecule has 19 heavy (non-hydrogen) atoms. The van der Waals surface area contributed by atoms with E-state index in [1.807, 2.05) is 6.92 Å². The highest BCUT2D eigenvalue weighted by molar-refractivity contribution is 6.30. The van der Waals surface area contributed by atoms with Gasteiger partial charge in [-0.3, -0.25) is 0 Å². The van der Waals surface area contributed by atoms with Gasteiger partial charge in [-0.05, 0) is 25.7 Å². The normalized spacial score (nSPS) is 16.7. The summed E-state index contributed by atoms with van der Waals surface area (Å²) in [5.41, 5.74) is 0.959. The molecule has 4 heteroatoms. The van der Waals surface area contributed by atoms with Crippen LogP contribution in [0.15, 0.2) is 0 Å². The van der Waals surface area contributed by atoms with Gasteiger partial charge in [0.1, 0.15) is 16.8 Å². The van der Waals surface area contributed by atoms with Crippen molar-refractivity contribution in [1.82, 2.24) is 9.97 Å². The van der Waals surface area contributed by atoms with Crippen molar-refractivity contribution in [3.8, 4) is 0 Å². The molecule has 0 aliphatic heterocycles. The third kappa shape index (κ3) is 3.82. The summed E-state index contributed by atoms with van der Waals surface area (Å²) in [5.74, 6) is 2.94. The van der Waals surface area contributed by atoms with Crippen molar-refractivity contribution in [3.05, 3.63) is 16.5 Å². The molecule has 1 N–H and O–H groups in total. The van der Waals surface area contributed by atoms with E-state index in [1.54, 1.807) is 0 Å². The van der Waals surface area contributed by atoms with Gasteiger partial charge >= 0.3 is 0 Å². The molecule has 1 saturated carbocycles. The second-order valence-corrected chi connectivity index (χ2v) is 6.29. The molecule has 1 unspecified atom stereocenters. The summed E-state index contributed by atoms with van der Waals surface area (Å²) in [4.78, 5) is 9.00. The van der Waals surface area contributed by atoms with E-state index in [0.717, 1.165) is 29.5 Å². The second kappa shape index (κ2) is 6.08. The highest BCUT2D eigenvalue weighted by atomic mass is 35.5. The Labute approximate surface area is 121 Å². The highest BCUT2D eigenvalue weighted by Crippen LogP contribution is 2.35. The van der Waals surface area contributed by atoms with Crippen LogP contribution in [-0.4, -0.2) is 16.0 Å². The number of nitrogens with one attached hydrogen (secondary N) is 1. The van der Waals surface area contributed by atoms with Gasteiger partial charge in [0.2, 0.25) is 0 Å². The van der Waals surface area contributed by atoms with Gasteiger partial charge in [-0.25, -0.2) is 9.97 Å². The largest absolute Gasteiger partial charge is 0.367 e. The third-order valence-electron chi connectivity index (χ3n) is 3.77. The first-order valence-corrected chi connectivity index (χ1v) is 7.69. The molecule has 0 radical (unpaired) electrons. The molecular weight excluding hydrogens is 258 g/mol. The number of rotatable bonds is 6. The smallest absolute Gasteiger partial charge is 0.137 e. The standard InChI is InChI=1S/C15H24ClN3/c1-5-12(8-11-6-7-11)17-15-10(4)13(16)18-14(19-15)9(2)3/h9,11-12H,5-8H2,1-4H3,(H,17,18,19). The minimum atomic E-state index is 0.294. The summed E-state index contributed by atoms with van der Waals surface area (Å²) >= 11 is 6.22. The Morgan fingerprint density at radius 3 is 2.53 bits per heavy atom. The van der Waals surface area contributed by atoms with Crippen molar-refractivity contribution < 1.29 is 0 Å². The maximum Gasteiger partial charge on any atom is 0.137 e. The summed E-state index contributed by atoms with van der Waals surface area (Å²) < 4.78 is 0. The molecular formula is C15H24ClN3. The fraction of sp³-hybridized carbons (Fsp3) is 0.733. The molecule has 1 aromatic heterocycles. The zero-order chi connectivity index (χ0) is 14.0. The van der Waals surface area contributed by atoms with E-state index in [0.29, 0.717) is 17.1 Å². The van der Waals surface area contributed by atoms with Gasteiger partial charge in [-0.2, -0.15) is 0 Å². The zero-order valence-electron chi connectivity index (χ0n) is 12.3. The monoisotopic (exact) mass is 281 g/mol. The number of hydrogen-bond acceptors (Lipinski definition) is 3. The molecule has 1 heterocycles. The minimum Gasteiger partial charge on any atom is -0.367 e. The van der Waals surface area contributed by atoms with Crippen LogP contribution in [0.1, 0.15) is 63.8 Å². The number of anilines is 1. The molecule has 1 aromatic rings. The summed E-state index contributed by atoms with van der Waals surface area (Å²) in [6.45, 7) is 8.39. The van der Waals surface area contributed by atoms with E-state index in [9.17, 15) is 0 Å². The predicted molar refractivity (Wildman–Crippen MR) is 80.9 cm³/mol. The van der Waals surface area contributed by atoms with Crippen molar-refractivity contribution in [3.63, 3.8) is 0 Å². The predicted octanol–water partition coefficient (Wildman–Crippen LogP) is 4.55. The highest BCUT2D eigenvalue weighted by Gasteiger charge is 2.25. The molecule has 3 nitrogen and oxygen atoms in total. The van der Waals surface area contributed by atoms with Crippen LogP contribution in [0.4, 0.5) is 5.82 Å². The lowest BCUT2D eigenvalue weighted by molar-refractivity contribution is 0.583. The molecule has 0 bridgehead atoms. The number of nitrogens with zero attached hydrogens (tertiary/aromatic N) is 2. The van der Waals surface area contributed by atoms with Gasteiger partial charge in [0.15, 0.2) is 0 Å². The lowest BCUT2D eigenvalue weighted by atomic mass is 10.1. The Bertz CT molecular complexity index is 441. The van der Waals surface area contributed by atoms with E-state index in [1.165, 1.54) is 19.3 Å². The van der Waals surface area contributed by atoms with Crippen LogP contribution in [0.2, 0.25) is 5.15 Å². The van der Waals surface area contributed by atoms with Crippen molar-refractivity contribution in [2.75, 3.05) is 5.32 Å². The van der Waals surface area contributed by atoms with Crippen LogP contribution in [0, 0.1) is 12.8 Å². The SMILES string of the molecule is CCC(CC1CC1)Nc1nc(C(C)C)nc(Cl)c1C. The van der Waals surface area contributed by atoms with Gasteiger partial charge in [0.05, 0.1) is 0 Å². The molecule has 1 aliphatic carbocycles. The van der Waals surface area contributed by atoms with Gasteiger partial charge in [-0.1, -0.05) is 45.2 Å². The topological polar surface area (TPSA) is 37.8 Å². The molecule has 0 saturated heterocycles. The molecule has 1 atom stereocenters. The molecule has 0 amide bonds. The number of aromatic nitrogens is 2. The molecule has 0 aromatic carbocycles. The Kier molecular flexibility index (Phi) is 4.67. The molecule has 106 valence electrons. The van der Waals surface area contributed by atoms with Crippen molar-refractivity contribution in [2.45, 2.75) is 65.3 Å². The van der Waals surface area contributed by atoms with E-state index in [2.05, 4.69) is 36.1 Å². The van der Waals surface area contributed by atoms with Crippen molar-refractivity contribution in [1.29, 1.82) is 0 Å². The molecule has 1 aliphatic rings. The summed E-state index contributed by atoms with van der Waals surface area (Å²) in [6.07, 6.45) is 5.14. The van der Waals surface area contributed by atoms with Gasteiger partial charge in [-0.15, -0.1) is 0 Å². The molecule has 0 spiro atoms. The second-order valence-electron chi connectivity index (χ2n) is 5.93. The van der Waals surface area contributed by atoms with Gasteiger partial charge in [0.25, 0.3) is 0 Å². The summed E-state index contributed by atoms with van der Waals surface area (Å²) in [7, 11) is 0. The van der Waals surface area contributed by atoms with Crippen LogP contribution in [0.25, 0.3) is 0 Å². The lowest BCUT2D eigenvalue weighted by Gasteiger charge is -2.20. The first-order valence-electron chi connectivity index (χ1n) is 7.31. The average Bonchev–Trinajstić information content (AvgIpc) is 3.17. The first kappa shape index (κ1) is 14.6. The van der Waals surface area contributed by atoms with Crippen LogP contribution >= 0.6 is 11.6 Å². The van der Waals surface area contributed by atoms with Gasteiger partial charge < -0.3 is 5.32 Å². The van der Waals surface area contributed by atoms with Crippen molar-refractivity contribution >= 4 is 17.4 Å². The van der Waals surface area contributed by atoms with Crippen molar-refractivity contribution in [2.24, 2.45) is 5.92 Å². The maximum absolute atomic E-state index is 6.22. The molecule has 1 fully saturated rings. The number of halogens is 1. The third-order valence-corrected chi connectivity index (χ3v) is 4.14. The van der Waals surface area contributed by atoms with Crippen LogP contribution < -0.4 is 5.32 Å². The average molecular weight is 282 g/mol. The van der Waals surface area contributed by atoms with E-state index in [-0.39, 0.29) is 0 Å². The fourth-order valence-corrected chi connectivity index (χ4v) is 2.36. The summed E-state index contributed by atoms with van der Waals surface area (Å²) in [6, 6.07) is 0.497. The zero-order valence-corrected chi connectivity index (χ0v) is 13.1. The van der Waals surface area contributed by atoms with Crippen LogP contribution in [0.3, 0.4) is 0 Å². The lowest BCUT2D eigenvalue weighted by Crippen LogP contribution is -2.21. The van der Waals surface area contributed by atoms with Crippen LogP contribution in [0.5, 0.6) is 0 Å². The maximum atomic E-state index is 6.22. The van der Waals surface area contributed by atoms with Crippen LogP contribution in [-0.2, 0) is 0 Å². The van der Waals surface area contributed by atoms with E-state index >= 15 is 0 Å². The molecule has 2 rings (SSSR count). The first-order chi connectivity index (χ1) is 9.01. The number of hydrogen-bond donors (Lipinski definition) is 1. The Morgan fingerprint density at radius 1 is 1.32 bits per heavy atom. The fourth-order valence-electron chi connectivity index (χ4n) is 2.18. The Balaban J connectivity index is 2.16.